The van der Waals surface area contributed by atoms with Crippen LogP contribution in [0.15, 0.2) is 59.7 Å². The molecule has 1 aromatic heterocycles. The van der Waals surface area contributed by atoms with Gasteiger partial charge in [-0.1, -0.05) is 39.0 Å². The highest BCUT2D eigenvalue weighted by atomic mass is 32.1. The number of amides is 1. The third-order valence-corrected chi connectivity index (χ3v) is 7.95. The molecular formula is C29H34F3N3O3S. The number of halogens is 3. The van der Waals surface area contributed by atoms with Crippen molar-refractivity contribution in [3.8, 4) is 5.75 Å². The fraction of sp³-hybridized carbons (Fsp3) is 0.448. The number of ether oxygens (including phenoxy) is 2. The molecule has 4 rings (SSSR count). The minimum absolute atomic E-state index is 0.00975. The Balaban J connectivity index is 1.64. The number of alkyl halides is 3. The lowest BCUT2D eigenvalue weighted by Gasteiger charge is -2.20. The van der Waals surface area contributed by atoms with E-state index < -0.39 is 17.6 Å². The first kappa shape index (κ1) is 28.9. The predicted octanol–water partition coefficient (Wildman–Crippen LogP) is 6.30. The van der Waals surface area contributed by atoms with Crippen molar-refractivity contribution in [3.63, 3.8) is 0 Å². The summed E-state index contributed by atoms with van der Waals surface area (Å²) in [5.41, 5.74) is -0.359. The third-order valence-electron chi connectivity index (χ3n) is 6.50. The summed E-state index contributed by atoms with van der Waals surface area (Å²) in [6.07, 6.45) is -0.762. The monoisotopic (exact) mass is 561 g/mol. The lowest BCUT2D eigenvalue weighted by molar-refractivity contribution is -0.137. The van der Waals surface area contributed by atoms with Gasteiger partial charge in [0.25, 0.3) is 5.91 Å². The highest BCUT2D eigenvalue weighted by Crippen LogP contribution is 2.33. The normalized spacial score (nSPS) is 16.5. The molecule has 0 N–H and O–H groups in total. The highest BCUT2D eigenvalue weighted by molar-refractivity contribution is 7.09. The number of carbonyl (C=O) groups excluding carboxylic acids is 1. The summed E-state index contributed by atoms with van der Waals surface area (Å²) >= 11 is 1.36. The predicted molar refractivity (Wildman–Crippen MR) is 147 cm³/mol. The van der Waals surface area contributed by atoms with E-state index in [1.807, 2.05) is 53.0 Å². The van der Waals surface area contributed by atoms with E-state index in [1.54, 1.807) is 0 Å². The van der Waals surface area contributed by atoms with Crippen LogP contribution in [0.2, 0.25) is 0 Å². The minimum Gasteiger partial charge on any atom is -0.491 e. The molecule has 10 heteroatoms. The summed E-state index contributed by atoms with van der Waals surface area (Å²) < 4.78 is 54.2. The van der Waals surface area contributed by atoms with Gasteiger partial charge < -0.3 is 18.9 Å². The molecule has 0 radical (unpaired) electrons. The maximum atomic E-state index is 13.6. The fourth-order valence-electron chi connectivity index (χ4n) is 4.20. The molecule has 1 aliphatic rings. The van der Waals surface area contributed by atoms with Crippen LogP contribution in [0.25, 0.3) is 0 Å². The van der Waals surface area contributed by atoms with Crippen LogP contribution in [-0.2, 0) is 22.9 Å². The number of hydrogen-bond acceptors (Lipinski definition) is 5. The number of benzene rings is 2. The second-order valence-electron chi connectivity index (χ2n) is 10.6. The maximum absolute atomic E-state index is 13.6. The molecule has 1 amide bonds. The number of nitrogens with zero attached hydrogens (tertiary/aromatic N) is 3. The molecule has 1 fully saturated rings. The van der Waals surface area contributed by atoms with Crippen molar-refractivity contribution < 1.29 is 27.4 Å². The molecule has 1 aliphatic heterocycles. The summed E-state index contributed by atoms with van der Waals surface area (Å²) in [4.78, 5) is 21.1. The lowest BCUT2D eigenvalue weighted by Crippen LogP contribution is -2.24. The van der Waals surface area contributed by atoms with Crippen molar-refractivity contribution in [2.24, 2.45) is 4.99 Å². The molecule has 0 spiro atoms. The summed E-state index contributed by atoms with van der Waals surface area (Å²) in [6.45, 7) is 8.04. The van der Waals surface area contributed by atoms with Gasteiger partial charge in [0.1, 0.15) is 12.4 Å². The number of carbonyl (C=O) groups is 1. The molecule has 6 nitrogen and oxygen atoms in total. The van der Waals surface area contributed by atoms with Crippen LogP contribution in [0, 0.1) is 0 Å². The molecular weight excluding hydrogens is 527 g/mol. The van der Waals surface area contributed by atoms with E-state index in [2.05, 4.69) is 25.8 Å². The number of thiazole rings is 1. The number of para-hydroxylation sites is 1. The Morgan fingerprint density at radius 3 is 2.56 bits per heavy atom. The van der Waals surface area contributed by atoms with E-state index in [0.717, 1.165) is 35.5 Å². The van der Waals surface area contributed by atoms with Crippen LogP contribution in [0.5, 0.6) is 5.75 Å². The molecule has 0 bridgehead atoms. The Hall–Kier alpha value is -3.11. The van der Waals surface area contributed by atoms with Gasteiger partial charge >= 0.3 is 6.18 Å². The molecule has 210 valence electrons. The standard InChI is InChI=1S/C29H34F3N3O3S/c1-28(2,3)25-19-35(18-22-11-8-15-37-22)27(39-25)33-26(36)23-17-20(29(30,31)32)12-13-24(23)38-16-14-34(4)21-9-6-5-7-10-21/h5-7,9-10,12-13,17,19,22H,8,11,14-16,18H2,1-4H3/b33-27-/t22-/m1/s1. The largest absolute Gasteiger partial charge is 0.491 e. The third kappa shape index (κ3) is 7.51. The molecule has 2 heterocycles. The topological polar surface area (TPSA) is 56.1 Å². The van der Waals surface area contributed by atoms with Gasteiger partial charge in [-0.3, -0.25) is 4.79 Å². The SMILES string of the molecule is CN(CCOc1ccc(C(F)(F)F)cc1C(=O)/N=c1\sc(C(C)(C)C)cn1C[C@H]1CCCO1)c1ccccc1. The molecule has 0 unspecified atom stereocenters. The van der Waals surface area contributed by atoms with Crippen LogP contribution in [0.3, 0.4) is 0 Å². The average molecular weight is 562 g/mol. The van der Waals surface area contributed by atoms with Crippen LogP contribution in [0.4, 0.5) is 18.9 Å². The summed E-state index contributed by atoms with van der Waals surface area (Å²) in [6, 6.07) is 12.6. The fourth-order valence-corrected chi connectivity index (χ4v) is 5.26. The van der Waals surface area contributed by atoms with Gasteiger partial charge in [0.2, 0.25) is 0 Å². The van der Waals surface area contributed by atoms with E-state index in [0.29, 0.717) is 24.5 Å². The summed E-state index contributed by atoms with van der Waals surface area (Å²) in [7, 11) is 1.89. The van der Waals surface area contributed by atoms with Gasteiger partial charge in [-0.25, -0.2) is 0 Å². The van der Waals surface area contributed by atoms with Crippen molar-refractivity contribution in [1.29, 1.82) is 0 Å². The van der Waals surface area contributed by atoms with Crippen molar-refractivity contribution in [1.82, 2.24) is 4.57 Å². The smallest absolute Gasteiger partial charge is 0.416 e. The first-order valence-electron chi connectivity index (χ1n) is 12.9. The van der Waals surface area contributed by atoms with Gasteiger partial charge in [-0.05, 0) is 48.6 Å². The highest BCUT2D eigenvalue weighted by Gasteiger charge is 2.32. The van der Waals surface area contributed by atoms with Gasteiger partial charge in [0.15, 0.2) is 4.80 Å². The van der Waals surface area contributed by atoms with Gasteiger partial charge in [0.05, 0.1) is 30.3 Å². The maximum Gasteiger partial charge on any atom is 0.416 e. The number of rotatable bonds is 8. The molecule has 0 saturated carbocycles. The van der Waals surface area contributed by atoms with E-state index in [-0.39, 0.29) is 29.4 Å². The zero-order chi connectivity index (χ0) is 28.2. The number of anilines is 1. The Bertz CT molecular complexity index is 1340. The van der Waals surface area contributed by atoms with Crippen molar-refractivity contribution in [3.05, 3.63) is 75.5 Å². The van der Waals surface area contributed by atoms with Crippen LogP contribution in [0.1, 0.15) is 54.4 Å². The van der Waals surface area contributed by atoms with E-state index in [4.69, 9.17) is 9.47 Å². The quantitative estimate of drug-likeness (QED) is 0.324. The van der Waals surface area contributed by atoms with Gasteiger partial charge in [-0.2, -0.15) is 18.2 Å². The second kappa shape index (κ2) is 12.0. The second-order valence-corrected chi connectivity index (χ2v) is 11.7. The Morgan fingerprint density at radius 1 is 1.18 bits per heavy atom. The van der Waals surface area contributed by atoms with E-state index in [9.17, 15) is 18.0 Å². The van der Waals surface area contributed by atoms with Crippen molar-refractivity contribution in [2.75, 3.05) is 31.7 Å². The minimum atomic E-state index is -4.61. The van der Waals surface area contributed by atoms with Crippen LogP contribution in [-0.4, -0.2) is 43.4 Å². The number of aromatic nitrogens is 1. The van der Waals surface area contributed by atoms with Crippen molar-refractivity contribution in [2.45, 2.75) is 57.9 Å². The molecule has 2 aromatic carbocycles. The van der Waals surface area contributed by atoms with E-state index in [1.165, 1.54) is 17.4 Å². The molecule has 3 aromatic rings. The summed E-state index contributed by atoms with van der Waals surface area (Å²) in [5.74, 6) is -0.715. The van der Waals surface area contributed by atoms with Crippen LogP contribution >= 0.6 is 11.3 Å². The number of hydrogen-bond donors (Lipinski definition) is 0. The van der Waals surface area contributed by atoms with Gasteiger partial charge in [-0.15, -0.1) is 11.3 Å². The summed E-state index contributed by atoms with van der Waals surface area (Å²) in [5, 5.41) is 0. The van der Waals surface area contributed by atoms with Crippen molar-refractivity contribution >= 4 is 22.9 Å². The zero-order valence-corrected chi connectivity index (χ0v) is 23.4. The molecule has 1 saturated heterocycles. The average Bonchev–Trinajstić information content (AvgIpc) is 3.54. The lowest BCUT2D eigenvalue weighted by atomic mass is 9.95. The Labute approximate surface area is 230 Å². The first-order valence-corrected chi connectivity index (χ1v) is 13.7. The molecule has 39 heavy (non-hydrogen) atoms. The first-order chi connectivity index (χ1) is 18.4. The van der Waals surface area contributed by atoms with E-state index >= 15 is 0 Å². The van der Waals surface area contributed by atoms with Gasteiger partial charge in [0, 0.05) is 30.4 Å². The molecule has 0 aliphatic carbocycles. The Morgan fingerprint density at radius 2 is 1.92 bits per heavy atom. The Kier molecular flexibility index (Phi) is 8.86. The zero-order valence-electron chi connectivity index (χ0n) is 22.6. The molecule has 1 atom stereocenters. The van der Waals surface area contributed by atoms with Crippen LogP contribution < -0.4 is 14.4 Å². The number of likely N-dealkylation sites (N-methyl/N-ethyl adjacent to an activating group) is 1.